The van der Waals surface area contributed by atoms with Crippen molar-refractivity contribution in [1.29, 1.82) is 0 Å². The Bertz CT molecular complexity index is 929. The monoisotopic (exact) mass is 326 g/mol. The first-order valence-corrected chi connectivity index (χ1v) is 7.76. The number of nitrogens with zero attached hydrogens (tertiary/aromatic N) is 5. The average Bonchev–Trinajstić information content (AvgIpc) is 3.05. The lowest BCUT2D eigenvalue weighted by atomic mass is 10.2. The van der Waals surface area contributed by atoms with Crippen molar-refractivity contribution in [3.63, 3.8) is 0 Å². The summed E-state index contributed by atoms with van der Waals surface area (Å²) < 4.78 is 2.80. The third-order valence-electron chi connectivity index (χ3n) is 3.87. The highest BCUT2D eigenvalue weighted by Crippen LogP contribution is 2.16. The molecule has 2 aromatic heterocycles. The summed E-state index contributed by atoms with van der Waals surface area (Å²) in [6.07, 6.45) is 2.52. The topological polar surface area (TPSA) is 94.7 Å². The Morgan fingerprint density at radius 3 is 2.88 bits per heavy atom. The molecule has 0 spiro atoms. The van der Waals surface area contributed by atoms with Crippen molar-refractivity contribution in [3.8, 4) is 0 Å². The van der Waals surface area contributed by atoms with E-state index >= 15 is 0 Å². The van der Waals surface area contributed by atoms with Gasteiger partial charge in [0.25, 0.3) is 5.56 Å². The highest BCUT2D eigenvalue weighted by Gasteiger charge is 2.13. The summed E-state index contributed by atoms with van der Waals surface area (Å²) in [5.41, 5.74) is 0.167. The molecule has 1 atom stereocenters. The summed E-state index contributed by atoms with van der Waals surface area (Å²) in [6, 6.07) is 8.79. The number of amides is 1. The molecule has 3 rings (SSSR count). The first-order chi connectivity index (χ1) is 11.6. The zero-order valence-corrected chi connectivity index (χ0v) is 13.5. The van der Waals surface area contributed by atoms with Crippen LogP contribution in [0.25, 0.3) is 10.9 Å². The summed E-state index contributed by atoms with van der Waals surface area (Å²) in [4.78, 5) is 24.6. The van der Waals surface area contributed by atoms with Crippen LogP contribution in [0.15, 0.2) is 41.3 Å². The Hall–Kier alpha value is -3.03. The Morgan fingerprint density at radius 1 is 1.29 bits per heavy atom. The van der Waals surface area contributed by atoms with E-state index in [4.69, 9.17) is 0 Å². The molecule has 0 saturated heterocycles. The van der Waals surface area contributed by atoms with Crippen molar-refractivity contribution >= 4 is 22.6 Å². The Kier molecular flexibility index (Phi) is 4.37. The van der Waals surface area contributed by atoms with Crippen LogP contribution in [0, 0.1) is 0 Å². The summed E-state index contributed by atoms with van der Waals surface area (Å²) >= 11 is 0. The quantitative estimate of drug-likeness (QED) is 0.768. The number of hydrogen-bond acceptors (Lipinski definition) is 5. The van der Waals surface area contributed by atoms with Crippen LogP contribution in [-0.4, -0.2) is 30.7 Å². The van der Waals surface area contributed by atoms with E-state index in [9.17, 15) is 9.59 Å². The van der Waals surface area contributed by atoms with Crippen molar-refractivity contribution in [2.24, 2.45) is 0 Å². The minimum atomic E-state index is -0.355. The third-order valence-corrected chi connectivity index (χ3v) is 3.87. The maximum Gasteiger partial charge on any atom is 0.278 e. The van der Waals surface area contributed by atoms with E-state index in [-0.39, 0.29) is 24.1 Å². The SMILES string of the molecule is CCC(C)n1nccc1NC(=O)Cn1nnc2ccccc2c1=O. The zero-order valence-electron chi connectivity index (χ0n) is 13.5. The van der Waals surface area contributed by atoms with Crippen LogP contribution in [0.5, 0.6) is 0 Å². The van der Waals surface area contributed by atoms with Gasteiger partial charge in [-0.15, -0.1) is 5.10 Å². The molecule has 124 valence electrons. The molecule has 0 saturated carbocycles. The molecule has 3 aromatic rings. The second kappa shape index (κ2) is 6.61. The highest BCUT2D eigenvalue weighted by atomic mass is 16.2. The van der Waals surface area contributed by atoms with Gasteiger partial charge in [0.15, 0.2) is 0 Å². The molecule has 24 heavy (non-hydrogen) atoms. The van der Waals surface area contributed by atoms with Crippen LogP contribution in [-0.2, 0) is 11.3 Å². The Morgan fingerprint density at radius 2 is 2.08 bits per heavy atom. The Labute approximate surface area is 138 Å². The number of hydrogen-bond donors (Lipinski definition) is 1. The minimum absolute atomic E-state index is 0.165. The predicted octanol–water partition coefficient (Wildman–Crippen LogP) is 1.60. The second-order valence-electron chi connectivity index (χ2n) is 5.54. The fraction of sp³-hybridized carbons (Fsp3) is 0.312. The van der Waals surface area contributed by atoms with Gasteiger partial charge in [0.05, 0.1) is 17.6 Å². The van der Waals surface area contributed by atoms with Gasteiger partial charge in [-0.1, -0.05) is 24.3 Å². The van der Waals surface area contributed by atoms with Crippen LogP contribution in [0.3, 0.4) is 0 Å². The smallest absolute Gasteiger partial charge is 0.278 e. The number of fused-ring (bicyclic) bond motifs is 1. The fourth-order valence-electron chi connectivity index (χ4n) is 2.38. The number of rotatable bonds is 5. The molecule has 8 heteroatoms. The largest absolute Gasteiger partial charge is 0.309 e. The lowest BCUT2D eigenvalue weighted by Gasteiger charge is -2.14. The van der Waals surface area contributed by atoms with E-state index in [0.717, 1.165) is 11.1 Å². The third kappa shape index (κ3) is 3.03. The van der Waals surface area contributed by atoms with Gasteiger partial charge in [0.2, 0.25) is 5.91 Å². The molecule has 1 N–H and O–H groups in total. The van der Waals surface area contributed by atoms with Gasteiger partial charge in [0, 0.05) is 6.07 Å². The van der Waals surface area contributed by atoms with Crippen LogP contribution < -0.4 is 10.9 Å². The lowest BCUT2D eigenvalue weighted by Crippen LogP contribution is -2.31. The summed E-state index contributed by atoms with van der Waals surface area (Å²) in [7, 11) is 0. The first kappa shape index (κ1) is 15.9. The van der Waals surface area contributed by atoms with E-state index < -0.39 is 0 Å². The molecule has 1 amide bonds. The van der Waals surface area contributed by atoms with Crippen molar-refractivity contribution < 1.29 is 4.79 Å². The predicted molar refractivity (Wildman–Crippen MR) is 89.7 cm³/mol. The van der Waals surface area contributed by atoms with E-state index in [1.54, 1.807) is 41.2 Å². The lowest BCUT2D eigenvalue weighted by molar-refractivity contribution is -0.117. The second-order valence-corrected chi connectivity index (χ2v) is 5.54. The molecule has 2 heterocycles. The van der Waals surface area contributed by atoms with Gasteiger partial charge in [-0.3, -0.25) is 9.59 Å². The van der Waals surface area contributed by atoms with E-state index in [1.165, 1.54) is 0 Å². The molecular weight excluding hydrogens is 308 g/mol. The number of nitrogens with one attached hydrogen (secondary N) is 1. The number of aromatic nitrogens is 5. The molecule has 0 radical (unpaired) electrons. The van der Waals surface area contributed by atoms with E-state index in [1.807, 2.05) is 13.8 Å². The van der Waals surface area contributed by atoms with E-state index in [0.29, 0.717) is 16.7 Å². The van der Waals surface area contributed by atoms with Crippen molar-refractivity contribution in [2.45, 2.75) is 32.9 Å². The molecule has 0 aliphatic carbocycles. The fourth-order valence-corrected chi connectivity index (χ4v) is 2.38. The summed E-state index contributed by atoms with van der Waals surface area (Å²) in [5.74, 6) is 0.239. The van der Waals surface area contributed by atoms with E-state index in [2.05, 4.69) is 20.7 Å². The standard InChI is InChI=1S/C16H18N6O2/c1-3-11(2)22-14(8-9-17-22)18-15(23)10-21-16(24)12-6-4-5-7-13(12)19-20-21/h4-9,11H,3,10H2,1-2H3,(H,18,23). The highest BCUT2D eigenvalue weighted by molar-refractivity contribution is 5.89. The van der Waals surface area contributed by atoms with Crippen molar-refractivity contribution in [2.75, 3.05) is 5.32 Å². The van der Waals surface area contributed by atoms with Crippen LogP contribution in [0.1, 0.15) is 26.3 Å². The number of benzene rings is 1. The summed E-state index contributed by atoms with van der Waals surface area (Å²) in [6.45, 7) is 3.85. The first-order valence-electron chi connectivity index (χ1n) is 7.76. The van der Waals surface area contributed by atoms with Gasteiger partial charge in [-0.05, 0) is 25.5 Å². The average molecular weight is 326 g/mol. The van der Waals surface area contributed by atoms with Crippen LogP contribution in [0.2, 0.25) is 0 Å². The molecular formula is C16H18N6O2. The molecule has 1 aromatic carbocycles. The van der Waals surface area contributed by atoms with Gasteiger partial charge in [-0.25, -0.2) is 9.36 Å². The zero-order chi connectivity index (χ0) is 17.1. The number of anilines is 1. The normalized spacial score (nSPS) is 12.2. The molecule has 0 aliphatic heterocycles. The van der Waals surface area contributed by atoms with Crippen molar-refractivity contribution in [3.05, 3.63) is 46.9 Å². The molecule has 0 aliphatic rings. The molecule has 8 nitrogen and oxygen atoms in total. The molecule has 0 bridgehead atoms. The number of carbonyl (C=O) groups is 1. The minimum Gasteiger partial charge on any atom is -0.309 e. The number of carbonyl (C=O) groups excluding carboxylic acids is 1. The maximum atomic E-state index is 12.4. The van der Waals surface area contributed by atoms with Gasteiger partial charge < -0.3 is 5.32 Å². The van der Waals surface area contributed by atoms with Gasteiger partial charge >= 0.3 is 0 Å². The summed E-state index contributed by atoms with van der Waals surface area (Å²) in [5, 5.41) is 15.2. The van der Waals surface area contributed by atoms with Crippen LogP contribution in [0.4, 0.5) is 5.82 Å². The van der Waals surface area contributed by atoms with Crippen molar-refractivity contribution in [1.82, 2.24) is 24.8 Å². The Balaban J connectivity index is 1.80. The van der Waals surface area contributed by atoms with Gasteiger partial charge in [0.1, 0.15) is 17.9 Å². The van der Waals surface area contributed by atoms with Gasteiger partial charge in [-0.2, -0.15) is 5.10 Å². The molecule has 0 fully saturated rings. The maximum absolute atomic E-state index is 12.4. The molecule has 1 unspecified atom stereocenters. The van der Waals surface area contributed by atoms with Crippen LogP contribution >= 0.6 is 0 Å².